The molecule has 1 aliphatic rings. The monoisotopic (exact) mass is 285 g/mol. The topological polar surface area (TPSA) is 96.9 Å². The third-order valence-corrected chi connectivity index (χ3v) is 4.20. The van der Waals surface area contributed by atoms with Crippen molar-refractivity contribution in [2.45, 2.75) is 0 Å². The van der Waals surface area contributed by atoms with Gasteiger partial charge in [0.1, 0.15) is 15.6 Å². The molecule has 0 aromatic carbocycles. The zero-order chi connectivity index (χ0) is 14.0. The molecule has 1 aromatic heterocycles. The van der Waals surface area contributed by atoms with Crippen LogP contribution in [0.2, 0.25) is 0 Å². The van der Waals surface area contributed by atoms with Crippen LogP contribution in [0, 0.1) is 0 Å². The molecule has 0 saturated carbocycles. The molecule has 5 N–H and O–H groups in total. The fourth-order valence-electron chi connectivity index (χ4n) is 1.95. The first-order valence-electron chi connectivity index (χ1n) is 5.99. The fourth-order valence-corrected chi connectivity index (χ4v) is 2.92. The second kappa shape index (κ2) is 5.64. The van der Waals surface area contributed by atoms with Gasteiger partial charge in [0, 0.05) is 26.2 Å². The van der Waals surface area contributed by atoms with E-state index in [9.17, 15) is 4.79 Å². The highest BCUT2D eigenvalue weighted by Gasteiger charge is 2.22. The van der Waals surface area contributed by atoms with Crippen molar-refractivity contribution in [3.8, 4) is 5.75 Å². The number of rotatable bonds is 4. The summed E-state index contributed by atoms with van der Waals surface area (Å²) in [5.74, 6) is -0.0510. The molecule has 0 spiro atoms. The number of primary amides is 1. The van der Waals surface area contributed by atoms with Crippen molar-refractivity contribution in [3.63, 3.8) is 0 Å². The van der Waals surface area contributed by atoms with Crippen molar-refractivity contribution in [2.24, 2.45) is 5.73 Å². The third kappa shape index (κ3) is 2.91. The molecule has 8 heteroatoms. The molecule has 0 atom stereocenters. The van der Waals surface area contributed by atoms with Crippen LogP contribution in [0.1, 0.15) is 9.67 Å². The van der Waals surface area contributed by atoms with Crippen LogP contribution in [0.5, 0.6) is 5.75 Å². The molecule has 1 aliphatic heterocycles. The number of hydrogen-bond acceptors (Lipinski definition) is 7. The summed E-state index contributed by atoms with van der Waals surface area (Å²) in [6.07, 6.45) is 0. The number of nitrogen functional groups attached to an aromatic ring is 1. The van der Waals surface area contributed by atoms with Crippen LogP contribution in [0.3, 0.4) is 0 Å². The lowest BCUT2D eigenvalue weighted by atomic mass is 10.3. The first-order chi connectivity index (χ1) is 9.02. The van der Waals surface area contributed by atoms with Gasteiger partial charge >= 0.3 is 0 Å². The van der Waals surface area contributed by atoms with Gasteiger partial charge in [0.15, 0.2) is 5.75 Å². The molecule has 7 nitrogen and oxygen atoms in total. The summed E-state index contributed by atoms with van der Waals surface area (Å²) < 4.78 is 5.25. The Bertz CT molecular complexity index is 468. The van der Waals surface area contributed by atoms with Gasteiger partial charge in [-0.1, -0.05) is 0 Å². The van der Waals surface area contributed by atoms with E-state index < -0.39 is 5.91 Å². The smallest absolute Gasteiger partial charge is 0.261 e. The molecule has 1 aromatic rings. The van der Waals surface area contributed by atoms with Gasteiger partial charge in [0.2, 0.25) is 0 Å². The van der Waals surface area contributed by atoms with Gasteiger partial charge in [-0.05, 0) is 7.05 Å². The lowest BCUT2D eigenvalue weighted by molar-refractivity contribution is 0.100. The number of piperazine rings is 1. The number of carbonyl (C=O) groups excluding carboxylic acids is 1. The van der Waals surface area contributed by atoms with E-state index in [0.717, 1.165) is 31.2 Å². The number of ether oxygens (including phenoxy) is 1. The standard InChI is InChI=1S/C11H19N5O2S/c1-15-3-5-16(6-4-15)14-11-8(18-2)7(12)9(19-11)10(13)17/h14H,3-6,12H2,1-2H3,(H2,13,17). The number of amides is 1. The maximum Gasteiger partial charge on any atom is 0.261 e. The number of likely N-dealkylation sites (N-methyl/N-ethyl adjacent to an activating group) is 1. The van der Waals surface area contributed by atoms with Crippen molar-refractivity contribution >= 4 is 27.9 Å². The Balaban J connectivity index is 2.15. The Morgan fingerprint density at radius 2 is 2.00 bits per heavy atom. The molecule has 0 bridgehead atoms. The molecule has 106 valence electrons. The average Bonchev–Trinajstić information content (AvgIpc) is 2.68. The number of methoxy groups -OCH3 is 1. The normalized spacial score (nSPS) is 17.4. The molecule has 0 radical (unpaired) electrons. The number of nitrogens with one attached hydrogen (secondary N) is 1. The van der Waals surface area contributed by atoms with Crippen molar-refractivity contribution < 1.29 is 9.53 Å². The maximum absolute atomic E-state index is 11.3. The number of carbonyl (C=O) groups is 1. The molecular weight excluding hydrogens is 266 g/mol. The van der Waals surface area contributed by atoms with E-state index in [-0.39, 0.29) is 0 Å². The SMILES string of the molecule is COc1c(NN2CCN(C)CC2)sc(C(N)=O)c1N. The van der Waals surface area contributed by atoms with Crippen LogP contribution >= 0.6 is 11.3 Å². The molecule has 0 unspecified atom stereocenters. The zero-order valence-corrected chi connectivity index (χ0v) is 11.9. The van der Waals surface area contributed by atoms with E-state index in [2.05, 4.69) is 22.4 Å². The molecule has 19 heavy (non-hydrogen) atoms. The number of thiophene rings is 1. The highest BCUT2D eigenvalue weighted by Crippen LogP contribution is 2.42. The lowest BCUT2D eigenvalue weighted by Crippen LogP contribution is -2.46. The predicted octanol–water partition coefficient (Wildman–Crippen LogP) is 0.0121. The lowest BCUT2D eigenvalue weighted by Gasteiger charge is -2.32. The molecule has 1 amide bonds. The van der Waals surface area contributed by atoms with Crippen molar-refractivity contribution in [1.29, 1.82) is 0 Å². The molecule has 2 heterocycles. The summed E-state index contributed by atoms with van der Waals surface area (Å²) in [6, 6.07) is 0. The fraction of sp³-hybridized carbons (Fsp3) is 0.545. The van der Waals surface area contributed by atoms with Gasteiger partial charge in [0.05, 0.1) is 7.11 Å². The van der Waals surface area contributed by atoms with E-state index >= 15 is 0 Å². The van der Waals surface area contributed by atoms with Crippen LogP contribution < -0.4 is 21.6 Å². The summed E-state index contributed by atoms with van der Waals surface area (Å²) in [5, 5.41) is 2.80. The van der Waals surface area contributed by atoms with Gasteiger partial charge < -0.3 is 26.5 Å². The predicted molar refractivity (Wildman–Crippen MR) is 76.5 cm³/mol. The number of nitrogens with zero attached hydrogens (tertiary/aromatic N) is 2. The number of hydrogen-bond donors (Lipinski definition) is 3. The van der Waals surface area contributed by atoms with Crippen LogP contribution in [0.15, 0.2) is 0 Å². The minimum Gasteiger partial charge on any atom is -0.491 e. The van der Waals surface area contributed by atoms with Crippen LogP contribution in [-0.2, 0) is 0 Å². The quantitative estimate of drug-likeness (QED) is 0.721. The maximum atomic E-state index is 11.3. The molecule has 0 aliphatic carbocycles. The number of hydrazine groups is 1. The largest absolute Gasteiger partial charge is 0.491 e. The van der Waals surface area contributed by atoms with Crippen molar-refractivity contribution in [1.82, 2.24) is 9.91 Å². The van der Waals surface area contributed by atoms with Crippen molar-refractivity contribution in [2.75, 3.05) is 51.5 Å². The molecule has 1 fully saturated rings. The van der Waals surface area contributed by atoms with E-state index in [1.165, 1.54) is 18.4 Å². The highest BCUT2D eigenvalue weighted by molar-refractivity contribution is 7.19. The van der Waals surface area contributed by atoms with Gasteiger partial charge in [0.25, 0.3) is 5.91 Å². The van der Waals surface area contributed by atoms with Gasteiger partial charge in [-0.2, -0.15) is 0 Å². The summed E-state index contributed by atoms with van der Waals surface area (Å²) in [5.41, 5.74) is 14.7. The van der Waals surface area contributed by atoms with Gasteiger partial charge in [-0.15, -0.1) is 11.3 Å². The number of nitrogens with two attached hydrogens (primary N) is 2. The number of anilines is 2. The molecule has 1 saturated heterocycles. The second-order valence-corrected chi connectivity index (χ2v) is 5.49. The minimum atomic E-state index is -0.535. The van der Waals surface area contributed by atoms with Crippen molar-refractivity contribution in [3.05, 3.63) is 4.88 Å². The Kier molecular flexibility index (Phi) is 4.13. The Hall–Kier alpha value is -1.51. The Morgan fingerprint density at radius 1 is 1.37 bits per heavy atom. The van der Waals surface area contributed by atoms with Gasteiger partial charge in [-0.25, -0.2) is 5.01 Å². The molecule has 2 rings (SSSR count). The van der Waals surface area contributed by atoms with E-state index in [1.54, 1.807) is 0 Å². The zero-order valence-electron chi connectivity index (χ0n) is 11.1. The molecular formula is C11H19N5O2S. The summed E-state index contributed by atoms with van der Waals surface area (Å²) >= 11 is 1.22. The average molecular weight is 285 g/mol. The summed E-state index contributed by atoms with van der Waals surface area (Å²) in [6.45, 7) is 3.75. The second-order valence-electron chi connectivity index (χ2n) is 4.47. The summed E-state index contributed by atoms with van der Waals surface area (Å²) in [4.78, 5) is 13.9. The summed E-state index contributed by atoms with van der Waals surface area (Å²) in [7, 11) is 3.62. The van der Waals surface area contributed by atoms with E-state index in [0.29, 0.717) is 16.3 Å². The Morgan fingerprint density at radius 3 is 2.53 bits per heavy atom. The van der Waals surface area contributed by atoms with Gasteiger partial charge in [-0.3, -0.25) is 4.79 Å². The van der Waals surface area contributed by atoms with E-state index in [1.807, 2.05) is 0 Å². The first kappa shape index (κ1) is 13.9. The van der Waals surface area contributed by atoms with Crippen LogP contribution in [-0.4, -0.2) is 56.2 Å². The third-order valence-electron chi connectivity index (χ3n) is 3.09. The van der Waals surface area contributed by atoms with E-state index in [4.69, 9.17) is 16.2 Å². The Labute approximate surface area is 116 Å². The first-order valence-corrected chi connectivity index (χ1v) is 6.80. The van der Waals surface area contributed by atoms with Crippen LogP contribution in [0.25, 0.3) is 0 Å². The van der Waals surface area contributed by atoms with Crippen LogP contribution in [0.4, 0.5) is 10.7 Å². The minimum absolute atomic E-state index is 0.302. The highest BCUT2D eigenvalue weighted by atomic mass is 32.1.